The predicted molar refractivity (Wildman–Crippen MR) is 182 cm³/mol. The Kier molecular flexibility index (Phi) is 10.4. The molecule has 260 valence electrons. The number of nitriles is 1. The van der Waals surface area contributed by atoms with Gasteiger partial charge in [-0.15, -0.1) is 5.10 Å². The zero-order valence-corrected chi connectivity index (χ0v) is 28.9. The number of ether oxygens (including phenoxy) is 3. The zero-order valence-electron chi connectivity index (χ0n) is 28.9. The molecule has 2 aliphatic rings. The summed E-state index contributed by atoms with van der Waals surface area (Å²) in [6.45, 7) is 12.2. The predicted octanol–water partition coefficient (Wildman–Crippen LogP) is 4.76. The van der Waals surface area contributed by atoms with Crippen molar-refractivity contribution in [2.75, 3.05) is 25.0 Å². The van der Waals surface area contributed by atoms with E-state index < -0.39 is 5.60 Å². The van der Waals surface area contributed by atoms with E-state index in [9.17, 15) is 10.4 Å². The summed E-state index contributed by atoms with van der Waals surface area (Å²) >= 11 is 0. The number of benzene rings is 1. The van der Waals surface area contributed by atoms with Gasteiger partial charge in [-0.1, -0.05) is 6.07 Å². The molecule has 49 heavy (non-hydrogen) atoms. The van der Waals surface area contributed by atoms with E-state index in [1.807, 2.05) is 29.9 Å². The first-order valence-corrected chi connectivity index (χ1v) is 17.0. The van der Waals surface area contributed by atoms with Crippen molar-refractivity contribution < 1.29 is 19.3 Å². The lowest BCUT2D eigenvalue weighted by molar-refractivity contribution is -0.0852. The summed E-state index contributed by atoms with van der Waals surface area (Å²) in [6.07, 6.45) is 13.0. The summed E-state index contributed by atoms with van der Waals surface area (Å²) in [5, 5.41) is 32.2. The van der Waals surface area contributed by atoms with Gasteiger partial charge in [0.1, 0.15) is 42.9 Å². The molecule has 2 fully saturated rings. The third-order valence-corrected chi connectivity index (χ3v) is 8.84. The molecule has 4 aromatic rings. The number of aromatic nitrogens is 7. The average molecular weight is 671 g/mol. The molecule has 4 heterocycles. The van der Waals surface area contributed by atoms with Gasteiger partial charge in [-0.2, -0.15) is 10.4 Å². The SMILES string of the molecule is C[C@@H]1CN(C2CCC(n3cc(Nc4ncc(-c5ccc(C#N)c(O[C@@H](C)Cn6cncn6)c5)cn4)c(OCC(C)(C)O)n3)CC2)C[C@H](C)O1. The van der Waals surface area contributed by atoms with Gasteiger partial charge in [-0.3, -0.25) is 9.58 Å². The highest BCUT2D eigenvalue weighted by Gasteiger charge is 2.32. The quantitative estimate of drug-likeness (QED) is 0.213. The normalized spacial score (nSPS) is 22.3. The monoisotopic (exact) mass is 670 g/mol. The molecule has 0 unspecified atom stereocenters. The van der Waals surface area contributed by atoms with Gasteiger partial charge in [0.2, 0.25) is 5.95 Å². The molecule has 1 aliphatic carbocycles. The topological polar surface area (TPSA) is 161 Å². The molecule has 14 nitrogen and oxygen atoms in total. The molecule has 6 rings (SSSR count). The smallest absolute Gasteiger partial charge is 0.257 e. The minimum Gasteiger partial charge on any atom is -0.487 e. The molecule has 3 aromatic heterocycles. The lowest BCUT2D eigenvalue weighted by Gasteiger charge is -2.42. The van der Waals surface area contributed by atoms with Gasteiger partial charge in [0, 0.05) is 37.1 Å². The number of hydrogen-bond donors (Lipinski definition) is 2. The number of morpholine rings is 1. The van der Waals surface area contributed by atoms with E-state index in [1.54, 1.807) is 43.3 Å². The second-order valence-corrected chi connectivity index (χ2v) is 13.9. The van der Waals surface area contributed by atoms with Crippen LogP contribution < -0.4 is 14.8 Å². The van der Waals surface area contributed by atoms with Crippen LogP contribution in [0.3, 0.4) is 0 Å². The Balaban J connectivity index is 1.14. The van der Waals surface area contributed by atoms with Crippen LogP contribution in [-0.4, -0.2) is 94.2 Å². The molecule has 14 heteroatoms. The standard InChI is InChI=1S/C35H46N10O4/c1-23-16-43(17-24(2)48-23)29-8-10-30(11-9-29)45-19-31(33(42-45)47-20-35(4,5)46)41-34-38-14-28(15-39-34)26-6-7-27(13-36)32(12-26)49-25(3)18-44-22-37-21-40-44/h6-7,12,14-15,19,21-25,29-30,46H,8-11,16-18,20H2,1-5H3,(H,38,39,41)/t23-,24+,25-,29?,30?/m0/s1. The van der Waals surface area contributed by atoms with Crippen molar-refractivity contribution in [1.29, 1.82) is 5.26 Å². The first-order valence-electron chi connectivity index (χ1n) is 17.0. The highest BCUT2D eigenvalue weighted by molar-refractivity contribution is 5.67. The summed E-state index contributed by atoms with van der Waals surface area (Å²) < 4.78 is 21.7. The van der Waals surface area contributed by atoms with Crippen LogP contribution in [0, 0.1) is 11.3 Å². The van der Waals surface area contributed by atoms with E-state index in [4.69, 9.17) is 19.3 Å². The summed E-state index contributed by atoms with van der Waals surface area (Å²) in [4.78, 5) is 15.7. The van der Waals surface area contributed by atoms with Crippen LogP contribution in [0.15, 0.2) is 49.4 Å². The summed E-state index contributed by atoms with van der Waals surface area (Å²) in [5.41, 5.74) is 1.61. The first-order chi connectivity index (χ1) is 23.5. The van der Waals surface area contributed by atoms with Crippen molar-refractivity contribution in [2.45, 2.75) is 103 Å². The molecule has 1 saturated heterocycles. The highest BCUT2D eigenvalue weighted by atomic mass is 16.5. The molecule has 0 radical (unpaired) electrons. The third-order valence-electron chi connectivity index (χ3n) is 8.84. The number of hydrogen-bond acceptors (Lipinski definition) is 12. The number of anilines is 2. The number of nitrogens with zero attached hydrogens (tertiary/aromatic N) is 9. The largest absolute Gasteiger partial charge is 0.487 e. The molecular formula is C35H46N10O4. The molecule has 3 atom stereocenters. The summed E-state index contributed by atoms with van der Waals surface area (Å²) in [7, 11) is 0. The molecular weight excluding hydrogens is 624 g/mol. The third kappa shape index (κ3) is 8.91. The van der Waals surface area contributed by atoms with Crippen LogP contribution in [0.2, 0.25) is 0 Å². The fourth-order valence-electron chi connectivity index (χ4n) is 6.60. The van der Waals surface area contributed by atoms with Gasteiger partial charge in [-0.05, 0) is 78.0 Å². The van der Waals surface area contributed by atoms with Crippen molar-refractivity contribution in [1.82, 2.24) is 39.4 Å². The van der Waals surface area contributed by atoms with Gasteiger partial charge < -0.3 is 24.6 Å². The molecule has 0 spiro atoms. The van der Waals surface area contributed by atoms with E-state index in [0.717, 1.165) is 49.9 Å². The van der Waals surface area contributed by atoms with Crippen LogP contribution in [0.1, 0.15) is 71.9 Å². The van der Waals surface area contributed by atoms with E-state index in [2.05, 4.69) is 50.2 Å². The van der Waals surface area contributed by atoms with Crippen molar-refractivity contribution in [3.63, 3.8) is 0 Å². The van der Waals surface area contributed by atoms with Crippen molar-refractivity contribution >= 4 is 11.6 Å². The highest BCUT2D eigenvalue weighted by Crippen LogP contribution is 2.36. The van der Waals surface area contributed by atoms with Gasteiger partial charge >= 0.3 is 0 Å². The number of nitrogens with one attached hydrogen (secondary N) is 1. The molecule has 1 saturated carbocycles. The second-order valence-electron chi connectivity index (χ2n) is 13.9. The lowest BCUT2D eigenvalue weighted by atomic mass is 9.89. The summed E-state index contributed by atoms with van der Waals surface area (Å²) in [5.74, 6) is 1.24. The fourth-order valence-corrected chi connectivity index (χ4v) is 6.60. The number of aliphatic hydroxyl groups is 1. The number of rotatable bonds is 12. The molecule has 1 aromatic carbocycles. The van der Waals surface area contributed by atoms with Gasteiger partial charge in [-0.25, -0.2) is 19.6 Å². The van der Waals surface area contributed by atoms with Crippen LogP contribution in [-0.2, 0) is 11.3 Å². The Labute approximate surface area is 287 Å². The molecule has 0 amide bonds. The Bertz CT molecular complexity index is 1700. The van der Waals surface area contributed by atoms with E-state index in [1.165, 1.54) is 6.33 Å². The molecule has 2 N–H and O–H groups in total. The van der Waals surface area contributed by atoms with Gasteiger partial charge in [0.15, 0.2) is 0 Å². The Morgan fingerprint density at radius 3 is 2.45 bits per heavy atom. The van der Waals surface area contributed by atoms with Crippen molar-refractivity contribution in [2.24, 2.45) is 0 Å². The average Bonchev–Trinajstić information content (AvgIpc) is 3.73. The van der Waals surface area contributed by atoms with E-state index in [0.29, 0.717) is 41.4 Å². The van der Waals surface area contributed by atoms with Crippen LogP contribution in [0.5, 0.6) is 11.6 Å². The minimum absolute atomic E-state index is 0.0825. The van der Waals surface area contributed by atoms with Crippen LogP contribution in [0.25, 0.3) is 11.1 Å². The molecule has 0 bridgehead atoms. The molecule has 1 aliphatic heterocycles. The zero-order chi connectivity index (χ0) is 34.5. The van der Waals surface area contributed by atoms with E-state index in [-0.39, 0.29) is 31.0 Å². The van der Waals surface area contributed by atoms with Gasteiger partial charge in [0.05, 0.1) is 42.2 Å². The second kappa shape index (κ2) is 14.9. The Hall–Kier alpha value is -4.58. The maximum atomic E-state index is 10.4. The lowest BCUT2D eigenvalue weighted by Crippen LogP contribution is -2.51. The minimum atomic E-state index is -1.03. The first kappa shape index (κ1) is 34.3. The summed E-state index contributed by atoms with van der Waals surface area (Å²) in [6, 6.07) is 8.40. The maximum absolute atomic E-state index is 10.4. The van der Waals surface area contributed by atoms with E-state index >= 15 is 0 Å². The van der Waals surface area contributed by atoms with Crippen LogP contribution in [0.4, 0.5) is 11.6 Å². The Morgan fingerprint density at radius 1 is 1.08 bits per heavy atom. The Morgan fingerprint density at radius 2 is 1.80 bits per heavy atom. The van der Waals surface area contributed by atoms with Crippen molar-refractivity contribution in [3.8, 4) is 28.8 Å². The maximum Gasteiger partial charge on any atom is 0.257 e. The van der Waals surface area contributed by atoms with Crippen LogP contribution >= 0.6 is 0 Å². The fraction of sp³-hybridized carbons (Fsp3) is 0.543. The van der Waals surface area contributed by atoms with Crippen molar-refractivity contribution in [3.05, 3.63) is 55.0 Å². The van der Waals surface area contributed by atoms with Gasteiger partial charge in [0.25, 0.3) is 5.88 Å².